The van der Waals surface area contributed by atoms with Gasteiger partial charge in [0.2, 0.25) is 17.7 Å². The molecular formula is C30H34FN7O5. The SMILES string of the molecule is COC(=O)CNC(=O)CNC(=O)Cn1nc(C2CCCN(C(C)=O)CC2)c2c(-c3cc4c(cnn4C)cc3F)cccc21. The highest BCUT2D eigenvalue weighted by atomic mass is 19.1. The maximum atomic E-state index is 15.6. The van der Waals surface area contributed by atoms with E-state index in [1.54, 1.807) is 41.7 Å². The second-order valence-electron chi connectivity index (χ2n) is 10.7. The van der Waals surface area contributed by atoms with Crippen LogP contribution in [0.1, 0.15) is 37.8 Å². The van der Waals surface area contributed by atoms with Gasteiger partial charge in [-0.05, 0) is 43.0 Å². The highest BCUT2D eigenvalue weighted by molar-refractivity contribution is 6.00. The summed E-state index contributed by atoms with van der Waals surface area (Å²) in [4.78, 5) is 50.1. The van der Waals surface area contributed by atoms with Gasteiger partial charge in [-0.1, -0.05) is 12.1 Å². The Labute approximate surface area is 247 Å². The van der Waals surface area contributed by atoms with Gasteiger partial charge in [0.05, 0.1) is 36.6 Å². The highest BCUT2D eigenvalue weighted by Crippen LogP contribution is 2.39. The van der Waals surface area contributed by atoms with Crippen LogP contribution in [0.2, 0.25) is 0 Å². The van der Waals surface area contributed by atoms with Crippen LogP contribution in [0.15, 0.2) is 36.5 Å². The standard InChI is InChI=1S/C30H34FN7O5/c1-18(39)37-10-5-6-19(9-11-37)30-29-21(22-13-25-20(12-23(22)31)14-34-36(25)2)7-4-8-24(29)38(35-30)17-27(41)32-15-26(40)33-16-28(42)43-3/h4,7-8,12-14,19H,5-6,9-11,15-17H2,1-3H3,(H,32,41)(H,33,40). The molecule has 1 unspecified atom stereocenters. The van der Waals surface area contributed by atoms with Gasteiger partial charge >= 0.3 is 5.97 Å². The van der Waals surface area contributed by atoms with Crippen molar-refractivity contribution >= 4 is 45.5 Å². The number of nitrogens with one attached hydrogen (secondary N) is 2. The normalized spacial score (nSPS) is 15.3. The summed E-state index contributed by atoms with van der Waals surface area (Å²) in [6.07, 6.45) is 3.86. The molecule has 1 atom stereocenters. The van der Waals surface area contributed by atoms with Crippen LogP contribution in [0.3, 0.4) is 0 Å². The van der Waals surface area contributed by atoms with E-state index in [1.807, 2.05) is 17.0 Å². The number of halogens is 1. The molecule has 1 fully saturated rings. The molecule has 12 nitrogen and oxygen atoms in total. The molecule has 1 saturated heterocycles. The fourth-order valence-corrected chi connectivity index (χ4v) is 5.63. The number of hydrogen-bond donors (Lipinski definition) is 2. The molecule has 5 rings (SSSR count). The number of carbonyl (C=O) groups is 4. The monoisotopic (exact) mass is 591 g/mol. The van der Waals surface area contributed by atoms with E-state index in [-0.39, 0.29) is 31.5 Å². The molecule has 3 heterocycles. The molecule has 2 aromatic carbocycles. The van der Waals surface area contributed by atoms with Crippen LogP contribution in [-0.4, -0.2) is 81.4 Å². The summed E-state index contributed by atoms with van der Waals surface area (Å²) in [6.45, 7) is 1.99. The van der Waals surface area contributed by atoms with Gasteiger partial charge in [0, 0.05) is 49.3 Å². The summed E-state index contributed by atoms with van der Waals surface area (Å²) >= 11 is 0. The minimum absolute atomic E-state index is 0.0232. The Morgan fingerprint density at radius 1 is 1.02 bits per heavy atom. The number of aromatic nitrogens is 4. The maximum Gasteiger partial charge on any atom is 0.325 e. The first-order valence-corrected chi connectivity index (χ1v) is 14.1. The van der Waals surface area contributed by atoms with Crippen LogP contribution in [0, 0.1) is 5.82 Å². The van der Waals surface area contributed by atoms with Gasteiger partial charge in [0.1, 0.15) is 18.9 Å². The molecule has 0 radical (unpaired) electrons. The molecule has 0 saturated carbocycles. The van der Waals surface area contributed by atoms with Crippen molar-refractivity contribution in [3.8, 4) is 11.1 Å². The average Bonchev–Trinajstić information content (AvgIpc) is 3.42. The van der Waals surface area contributed by atoms with Crippen molar-refractivity contribution in [2.24, 2.45) is 7.05 Å². The molecule has 43 heavy (non-hydrogen) atoms. The van der Waals surface area contributed by atoms with Gasteiger partial charge in [0.25, 0.3) is 0 Å². The molecule has 3 amide bonds. The van der Waals surface area contributed by atoms with E-state index in [0.717, 1.165) is 29.4 Å². The van der Waals surface area contributed by atoms with Crippen LogP contribution < -0.4 is 10.6 Å². The molecule has 1 aliphatic heterocycles. The van der Waals surface area contributed by atoms with E-state index in [0.29, 0.717) is 41.5 Å². The van der Waals surface area contributed by atoms with Gasteiger partial charge in [-0.3, -0.25) is 28.5 Å². The van der Waals surface area contributed by atoms with E-state index in [9.17, 15) is 19.2 Å². The molecular weight excluding hydrogens is 557 g/mol. The molecule has 1 aliphatic rings. The number of nitrogens with zero attached hydrogens (tertiary/aromatic N) is 5. The highest BCUT2D eigenvalue weighted by Gasteiger charge is 2.27. The van der Waals surface area contributed by atoms with E-state index in [2.05, 4.69) is 20.5 Å². The molecule has 0 bridgehead atoms. The molecule has 2 aromatic heterocycles. The third kappa shape index (κ3) is 6.35. The largest absolute Gasteiger partial charge is 0.468 e. The number of likely N-dealkylation sites (tertiary alicyclic amines) is 1. The van der Waals surface area contributed by atoms with Gasteiger partial charge in [-0.25, -0.2) is 4.39 Å². The van der Waals surface area contributed by atoms with Crippen molar-refractivity contribution in [2.45, 2.75) is 38.6 Å². The number of hydrogen-bond acceptors (Lipinski definition) is 7. The Balaban J connectivity index is 1.51. The third-order valence-corrected chi connectivity index (χ3v) is 7.89. The molecule has 4 aromatic rings. The van der Waals surface area contributed by atoms with Crippen molar-refractivity contribution in [1.29, 1.82) is 0 Å². The topological polar surface area (TPSA) is 140 Å². The summed E-state index contributed by atoms with van der Waals surface area (Å²) < 4.78 is 23.4. The number of fused-ring (bicyclic) bond motifs is 2. The summed E-state index contributed by atoms with van der Waals surface area (Å²) in [7, 11) is 3.01. The number of rotatable bonds is 8. The van der Waals surface area contributed by atoms with Crippen molar-refractivity contribution in [3.05, 3.63) is 48.0 Å². The number of amides is 3. The van der Waals surface area contributed by atoms with Crippen LogP contribution in [0.5, 0.6) is 0 Å². The van der Waals surface area contributed by atoms with Crippen molar-refractivity contribution < 1.29 is 28.3 Å². The molecule has 0 spiro atoms. The minimum Gasteiger partial charge on any atom is -0.468 e. The zero-order valence-corrected chi connectivity index (χ0v) is 24.4. The van der Waals surface area contributed by atoms with Crippen LogP contribution in [0.4, 0.5) is 4.39 Å². The number of ether oxygens (including phenoxy) is 1. The zero-order valence-electron chi connectivity index (χ0n) is 24.4. The van der Waals surface area contributed by atoms with Crippen molar-refractivity contribution in [3.63, 3.8) is 0 Å². The quantitative estimate of drug-likeness (QED) is 0.300. The summed E-state index contributed by atoms with van der Waals surface area (Å²) in [6, 6.07) is 8.73. The van der Waals surface area contributed by atoms with Gasteiger partial charge < -0.3 is 20.3 Å². The third-order valence-electron chi connectivity index (χ3n) is 7.89. The first-order valence-electron chi connectivity index (χ1n) is 14.1. The number of benzene rings is 2. The van der Waals surface area contributed by atoms with Gasteiger partial charge in [-0.15, -0.1) is 0 Å². The molecule has 2 N–H and O–H groups in total. The molecule has 0 aliphatic carbocycles. The summed E-state index contributed by atoms with van der Waals surface area (Å²) in [5.41, 5.74) is 3.21. The summed E-state index contributed by atoms with van der Waals surface area (Å²) in [5, 5.41) is 15.5. The maximum absolute atomic E-state index is 15.6. The Morgan fingerprint density at radius 3 is 2.58 bits per heavy atom. The fraction of sp³-hybridized carbons (Fsp3) is 0.400. The number of carbonyl (C=O) groups excluding carboxylic acids is 4. The van der Waals surface area contributed by atoms with Crippen LogP contribution in [0.25, 0.3) is 32.9 Å². The van der Waals surface area contributed by atoms with E-state index in [1.165, 1.54) is 13.2 Å². The van der Waals surface area contributed by atoms with Crippen LogP contribution in [-0.2, 0) is 37.5 Å². The van der Waals surface area contributed by atoms with Crippen LogP contribution >= 0.6 is 0 Å². The number of methoxy groups -OCH3 is 1. The van der Waals surface area contributed by atoms with E-state index in [4.69, 9.17) is 5.10 Å². The number of aryl methyl sites for hydroxylation is 1. The van der Waals surface area contributed by atoms with Crippen molar-refractivity contribution in [2.75, 3.05) is 33.3 Å². The first kappa shape index (κ1) is 29.7. The summed E-state index contributed by atoms with van der Waals surface area (Å²) in [5.74, 6) is -2.00. The predicted molar refractivity (Wildman–Crippen MR) is 156 cm³/mol. The lowest BCUT2D eigenvalue weighted by molar-refractivity contribution is -0.141. The Hall–Kier alpha value is -4.81. The predicted octanol–water partition coefficient (Wildman–Crippen LogP) is 2.25. The fourth-order valence-electron chi connectivity index (χ4n) is 5.63. The lowest BCUT2D eigenvalue weighted by Gasteiger charge is -2.18. The Kier molecular flexibility index (Phi) is 8.69. The Morgan fingerprint density at radius 2 is 1.81 bits per heavy atom. The van der Waals surface area contributed by atoms with E-state index < -0.39 is 23.6 Å². The second kappa shape index (κ2) is 12.6. The Bertz CT molecular complexity index is 1710. The number of esters is 1. The van der Waals surface area contributed by atoms with Crippen molar-refractivity contribution in [1.82, 2.24) is 35.1 Å². The zero-order chi connectivity index (χ0) is 30.7. The first-order chi connectivity index (χ1) is 20.7. The smallest absolute Gasteiger partial charge is 0.325 e. The molecule has 13 heteroatoms. The minimum atomic E-state index is -0.602. The second-order valence-corrected chi connectivity index (χ2v) is 10.7. The van der Waals surface area contributed by atoms with Gasteiger partial charge in [0.15, 0.2) is 0 Å². The lowest BCUT2D eigenvalue weighted by Crippen LogP contribution is -2.40. The van der Waals surface area contributed by atoms with E-state index >= 15 is 4.39 Å². The average molecular weight is 592 g/mol. The molecule has 226 valence electrons. The lowest BCUT2D eigenvalue weighted by atomic mass is 9.90. The van der Waals surface area contributed by atoms with Gasteiger partial charge in [-0.2, -0.15) is 10.2 Å².